The van der Waals surface area contributed by atoms with Gasteiger partial charge in [0.2, 0.25) is 0 Å². The topological polar surface area (TPSA) is 50.2 Å². The predicted octanol–water partition coefficient (Wildman–Crippen LogP) is 1.07. The Hall–Kier alpha value is -1.82. The highest BCUT2D eigenvalue weighted by Gasteiger charge is 2.08. The maximum Gasteiger partial charge on any atom is 0.354 e. The molecule has 0 unspecified atom stereocenters. The monoisotopic (exact) mass is 161 g/mol. The second-order valence-electron chi connectivity index (χ2n) is 2.31. The summed E-state index contributed by atoms with van der Waals surface area (Å²) in [4.78, 5) is 14.3. The van der Waals surface area contributed by atoms with Gasteiger partial charge in [0.1, 0.15) is 5.69 Å². The van der Waals surface area contributed by atoms with E-state index in [4.69, 9.17) is 11.5 Å². The van der Waals surface area contributed by atoms with Crippen LogP contribution in [0.25, 0.3) is 0 Å². The fraction of sp³-hybridized carbons (Fsp3) is 0.111. The van der Waals surface area contributed by atoms with E-state index in [0.29, 0.717) is 11.3 Å². The van der Waals surface area contributed by atoms with E-state index in [1.54, 1.807) is 19.1 Å². The molecule has 0 bridgehead atoms. The van der Waals surface area contributed by atoms with Crippen molar-refractivity contribution in [2.24, 2.45) is 0 Å². The minimum Gasteiger partial charge on any atom is -0.477 e. The highest BCUT2D eigenvalue weighted by molar-refractivity contribution is 5.87. The zero-order valence-electron chi connectivity index (χ0n) is 6.53. The van der Waals surface area contributed by atoms with Gasteiger partial charge in [-0.3, -0.25) is 0 Å². The SMILES string of the molecule is C#Cc1ccc(C)c(C(=O)O)n1. The second kappa shape index (κ2) is 3.05. The van der Waals surface area contributed by atoms with Gasteiger partial charge in [-0.05, 0) is 18.6 Å². The largest absolute Gasteiger partial charge is 0.477 e. The van der Waals surface area contributed by atoms with Crippen molar-refractivity contribution in [3.63, 3.8) is 0 Å². The van der Waals surface area contributed by atoms with Crippen LogP contribution >= 0.6 is 0 Å². The van der Waals surface area contributed by atoms with Crippen LogP contribution in [0.5, 0.6) is 0 Å². The number of carboxylic acid groups (broad SMARTS) is 1. The zero-order chi connectivity index (χ0) is 9.14. The average molecular weight is 161 g/mol. The lowest BCUT2D eigenvalue weighted by Crippen LogP contribution is -2.04. The number of pyridine rings is 1. The highest BCUT2D eigenvalue weighted by atomic mass is 16.4. The molecule has 1 aromatic rings. The lowest BCUT2D eigenvalue weighted by Gasteiger charge is -1.98. The van der Waals surface area contributed by atoms with E-state index in [9.17, 15) is 4.79 Å². The zero-order valence-corrected chi connectivity index (χ0v) is 6.53. The van der Waals surface area contributed by atoms with Crippen LogP contribution in [-0.2, 0) is 0 Å². The Morgan fingerprint density at radius 3 is 2.83 bits per heavy atom. The molecule has 1 N–H and O–H groups in total. The Bertz CT molecular complexity index is 363. The minimum atomic E-state index is -1.05. The number of hydrogen-bond acceptors (Lipinski definition) is 2. The van der Waals surface area contributed by atoms with Crippen LogP contribution in [0.1, 0.15) is 21.7 Å². The van der Waals surface area contributed by atoms with Gasteiger partial charge in [-0.15, -0.1) is 6.42 Å². The molecule has 0 amide bonds. The minimum absolute atomic E-state index is 0.0189. The summed E-state index contributed by atoms with van der Waals surface area (Å²) in [5.41, 5.74) is 0.977. The Balaban J connectivity index is 3.28. The number of nitrogens with zero attached hydrogens (tertiary/aromatic N) is 1. The van der Waals surface area contributed by atoms with Crippen molar-refractivity contribution in [1.29, 1.82) is 0 Å². The molecular weight excluding hydrogens is 154 g/mol. The van der Waals surface area contributed by atoms with Gasteiger partial charge in [-0.1, -0.05) is 12.0 Å². The third kappa shape index (κ3) is 1.43. The molecular formula is C9H7NO2. The lowest BCUT2D eigenvalue weighted by molar-refractivity contribution is 0.0689. The van der Waals surface area contributed by atoms with Crippen LogP contribution in [0.4, 0.5) is 0 Å². The van der Waals surface area contributed by atoms with Crippen molar-refractivity contribution in [3.8, 4) is 12.3 Å². The van der Waals surface area contributed by atoms with Gasteiger partial charge >= 0.3 is 5.97 Å². The van der Waals surface area contributed by atoms with E-state index in [1.807, 2.05) is 0 Å². The van der Waals surface area contributed by atoms with Crippen molar-refractivity contribution in [1.82, 2.24) is 4.98 Å². The Labute approximate surface area is 70.1 Å². The van der Waals surface area contributed by atoms with E-state index < -0.39 is 5.97 Å². The Morgan fingerprint density at radius 1 is 1.67 bits per heavy atom. The molecule has 0 aliphatic heterocycles. The predicted molar refractivity (Wildman–Crippen MR) is 43.9 cm³/mol. The van der Waals surface area contributed by atoms with Crippen molar-refractivity contribution in [2.75, 3.05) is 0 Å². The van der Waals surface area contributed by atoms with Crippen molar-refractivity contribution in [3.05, 3.63) is 29.1 Å². The molecule has 0 radical (unpaired) electrons. The summed E-state index contributed by atoms with van der Waals surface area (Å²) in [6.07, 6.45) is 5.06. The van der Waals surface area contributed by atoms with Crippen LogP contribution in [0.2, 0.25) is 0 Å². The highest BCUT2D eigenvalue weighted by Crippen LogP contribution is 2.05. The molecule has 0 saturated heterocycles. The first kappa shape index (κ1) is 8.28. The smallest absolute Gasteiger partial charge is 0.354 e. The van der Waals surface area contributed by atoms with Gasteiger partial charge in [0.05, 0.1) is 0 Å². The fourth-order valence-corrected chi connectivity index (χ4v) is 0.826. The fourth-order valence-electron chi connectivity index (χ4n) is 0.826. The van der Waals surface area contributed by atoms with Crippen molar-refractivity contribution in [2.45, 2.75) is 6.92 Å². The molecule has 0 fully saturated rings. The number of carboxylic acids is 1. The first-order valence-electron chi connectivity index (χ1n) is 3.32. The molecule has 3 heteroatoms. The van der Waals surface area contributed by atoms with E-state index in [-0.39, 0.29) is 5.69 Å². The van der Waals surface area contributed by atoms with Crippen molar-refractivity contribution < 1.29 is 9.90 Å². The van der Waals surface area contributed by atoms with Gasteiger partial charge < -0.3 is 5.11 Å². The normalized spacial score (nSPS) is 9.00. The first-order valence-corrected chi connectivity index (χ1v) is 3.32. The van der Waals surface area contributed by atoms with Gasteiger partial charge in [0.15, 0.2) is 5.69 Å². The standard InChI is InChI=1S/C9H7NO2/c1-3-7-5-4-6(2)8(10-7)9(11)12/h1,4-5H,2H3,(H,11,12). The third-order valence-electron chi connectivity index (χ3n) is 1.45. The summed E-state index contributed by atoms with van der Waals surface area (Å²) >= 11 is 0. The van der Waals surface area contributed by atoms with Gasteiger partial charge in [0.25, 0.3) is 0 Å². The summed E-state index contributed by atoms with van der Waals surface area (Å²) in [5.74, 6) is 1.22. The number of aromatic nitrogens is 1. The van der Waals surface area contributed by atoms with Crippen LogP contribution in [0, 0.1) is 19.3 Å². The molecule has 60 valence electrons. The van der Waals surface area contributed by atoms with E-state index >= 15 is 0 Å². The van der Waals surface area contributed by atoms with Crippen LogP contribution in [0.15, 0.2) is 12.1 Å². The Morgan fingerprint density at radius 2 is 2.33 bits per heavy atom. The summed E-state index contributed by atoms with van der Waals surface area (Å²) in [6, 6.07) is 3.26. The van der Waals surface area contributed by atoms with E-state index in [1.165, 1.54) is 0 Å². The second-order valence-corrected chi connectivity index (χ2v) is 2.31. The molecule has 0 spiro atoms. The summed E-state index contributed by atoms with van der Waals surface area (Å²) in [5, 5.41) is 8.65. The van der Waals surface area contributed by atoms with Gasteiger partial charge in [-0.2, -0.15) is 0 Å². The number of terminal acetylenes is 1. The summed E-state index contributed by atoms with van der Waals surface area (Å²) < 4.78 is 0. The summed E-state index contributed by atoms with van der Waals surface area (Å²) in [7, 11) is 0. The molecule has 0 aromatic carbocycles. The number of hydrogen-bond donors (Lipinski definition) is 1. The lowest BCUT2D eigenvalue weighted by atomic mass is 10.2. The molecule has 3 nitrogen and oxygen atoms in total. The van der Waals surface area contributed by atoms with E-state index in [2.05, 4.69) is 10.9 Å². The third-order valence-corrected chi connectivity index (χ3v) is 1.45. The van der Waals surface area contributed by atoms with Crippen molar-refractivity contribution >= 4 is 5.97 Å². The Kier molecular flexibility index (Phi) is 2.11. The molecule has 1 aromatic heterocycles. The van der Waals surface area contributed by atoms with Crippen LogP contribution < -0.4 is 0 Å². The van der Waals surface area contributed by atoms with Gasteiger partial charge in [-0.25, -0.2) is 9.78 Å². The number of rotatable bonds is 1. The van der Waals surface area contributed by atoms with E-state index in [0.717, 1.165) is 0 Å². The molecule has 0 aliphatic carbocycles. The molecule has 0 aliphatic rings. The maximum absolute atomic E-state index is 10.6. The number of carbonyl (C=O) groups is 1. The number of aryl methyl sites for hydroxylation is 1. The first-order chi connectivity index (χ1) is 5.65. The van der Waals surface area contributed by atoms with Crippen LogP contribution in [-0.4, -0.2) is 16.1 Å². The van der Waals surface area contributed by atoms with Crippen LogP contribution in [0.3, 0.4) is 0 Å². The van der Waals surface area contributed by atoms with Gasteiger partial charge in [0, 0.05) is 0 Å². The molecule has 12 heavy (non-hydrogen) atoms. The molecule has 0 saturated carbocycles. The molecule has 0 atom stereocenters. The number of aromatic carboxylic acids is 1. The average Bonchev–Trinajstić information content (AvgIpc) is 2.05. The molecule has 1 rings (SSSR count). The maximum atomic E-state index is 10.6. The summed E-state index contributed by atoms with van der Waals surface area (Å²) in [6.45, 7) is 1.68. The molecule has 1 heterocycles. The quantitative estimate of drug-likeness (QED) is 0.627.